The fourth-order valence-electron chi connectivity index (χ4n) is 5.82. The molecule has 0 aliphatic heterocycles. The van der Waals surface area contributed by atoms with E-state index in [-0.39, 0.29) is 34.0 Å². The van der Waals surface area contributed by atoms with E-state index in [2.05, 4.69) is 15.0 Å². The largest absolute Gasteiger partial charge is 0.395 e. The number of rotatable bonds is 8. The minimum Gasteiger partial charge on any atom is -0.395 e. The van der Waals surface area contributed by atoms with Crippen LogP contribution in [0.15, 0.2) is 48.5 Å². The summed E-state index contributed by atoms with van der Waals surface area (Å²) in [5.74, 6) is -2.07. The molecule has 2 aromatic carbocycles. The van der Waals surface area contributed by atoms with E-state index in [0.29, 0.717) is 10.6 Å². The molecular weight excluding hydrogens is 577 g/mol. The first-order valence-corrected chi connectivity index (χ1v) is 15.7. The molecule has 0 bridgehead atoms. The lowest BCUT2D eigenvalue weighted by atomic mass is 9.94. The molecule has 222 valence electrons. The average Bonchev–Trinajstić information content (AvgIpc) is 3.38. The summed E-state index contributed by atoms with van der Waals surface area (Å²) in [6.45, 7) is 0. The van der Waals surface area contributed by atoms with E-state index in [1.54, 1.807) is 30.3 Å². The Labute approximate surface area is 254 Å². The SMILES string of the molecule is Nc1c(C(=O)NC2CCCCC2)nsc1C(=O)N(c1cccc(F)c1)C(C(=O)NC1CCCCC1)c1ccc(Cl)cc1. The van der Waals surface area contributed by atoms with E-state index in [1.807, 2.05) is 0 Å². The number of hydrogen-bond donors (Lipinski definition) is 3. The Morgan fingerprint density at radius 2 is 1.55 bits per heavy atom. The summed E-state index contributed by atoms with van der Waals surface area (Å²) in [7, 11) is 0. The molecule has 1 heterocycles. The van der Waals surface area contributed by atoms with E-state index in [1.165, 1.54) is 23.1 Å². The van der Waals surface area contributed by atoms with Crippen LogP contribution in [0.5, 0.6) is 0 Å². The first-order chi connectivity index (χ1) is 20.3. The van der Waals surface area contributed by atoms with Crippen molar-refractivity contribution >= 4 is 52.2 Å². The highest BCUT2D eigenvalue weighted by Crippen LogP contribution is 2.34. The van der Waals surface area contributed by atoms with Gasteiger partial charge in [-0.2, -0.15) is 4.37 Å². The van der Waals surface area contributed by atoms with Gasteiger partial charge in [-0.05, 0) is 73.1 Å². The van der Waals surface area contributed by atoms with E-state index < -0.39 is 29.6 Å². The van der Waals surface area contributed by atoms with Crippen molar-refractivity contribution in [3.63, 3.8) is 0 Å². The number of nitrogen functional groups attached to an aromatic ring is 1. The summed E-state index contributed by atoms with van der Waals surface area (Å²) >= 11 is 6.95. The second-order valence-electron chi connectivity index (χ2n) is 11.0. The lowest BCUT2D eigenvalue weighted by Crippen LogP contribution is -2.47. The summed E-state index contributed by atoms with van der Waals surface area (Å²) in [4.78, 5) is 42.7. The molecule has 1 aromatic heterocycles. The van der Waals surface area contributed by atoms with Crippen LogP contribution in [-0.2, 0) is 4.79 Å². The van der Waals surface area contributed by atoms with E-state index in [9.17, 15) is 18.8 Å². The molecule has 8 nitrogen and oxygen atoms in total. The van der Waals surface area contributed by atoms with Crippen LogP contribution < -0.4 is 21.3 Å². The zero-order valence-corrected chi connectivity index (χ0v) is 24.9. The number of nitrogens with zero attached hydrogens (tertiary/aromatic N) is 2. The van der Waals surface area contributed by atoms with Gasteiger partial charge in [0.2, 0.25) is 5.91 Å². The van der Waals surface area contributed by atoms with Crippen LogP contribution in [0.4, 0.5) is 15.8 Å². The van der Waals surface area contributed by atoms with Crippen molar-refractivity contribution in [1.82, 2.24) is 15.0 Å². The third-order valence-electron chi connectivity index (χ3n) is 8.03. The summed E-state index contributed by atoms with van der Waals surface area (Å²) in [6.07, 6.45) is 9.80. The Morgan fingerprint density at radius 3 is 2.17 bits per heavy atom. The number of nitrogens with two attached hydrogens (primary N) is 1. The van der Waals surface area contributed by atoms with Gasteiger partial charge in [0.15, 0.2) is 5.69 Å². The van der Waals surface area contributed by atoms with Gasteiger partial charge in [-0.1, -0.05) is 68.3 Å². The van der Waals surface area contributed by atoms with Crippen molar-refractivity contribution in [3.05, 3.63) is 75.5 Å². The van der Waals surface area contributed by atoms with Crippen LogP contribution in [0.25, 0.3) is 0 Å². The zero-order chi connectivity index (χ0) is 29.6. The summed E-state index contributed by atoms with van der Waals surface area (Å²) in [5.41, 5.74) is 6.95. The second kappa shape index (κ2) is 13.6. The Balaban J connectivity index is 1.52. The monoisotopic (exact) mass is 611 g/mol. The van der Waals surface area contributed by atoms with Crippen LogP contribution >= 0.6 is 23.1 Å². The predicted octanol–water partition coefficient (Wildman–Crippen LogP) is 6.42. The van der Waals surface area contributed by atoms with Gasteiger partial charge >= 0.3 is 0 Å². The maximum absolute atomic E-state index is 14.6. The quantitative estimate of drug-likeness (QED) is 0.272. The molecule has 2 aliphatic carbocycles. The third-order valence-corrected chi connectivity index (χ3v) is 9.13. The molecule has 3 aromatic rings. The summed E-state index contributed by atoms with van der Waals surface area (Å²) < 4.78 is 18.8. The Morgan fingerprint density at radius 1 is 0.929 bits per heavy atom. The number of halogens is 2. The molecule has 2 aliphatic rings. The molecule has 0 spiro atoms. The minimum absolute atomic E-state index is 0.00233. The van der Waals surface area contributed by atoms with Crippen molar-refractivity contribution in [2.45, 2.75) is 82.3 Å². The predicted molar refractivity (Wildman–Crippen MR) is 163 cm³/mol. The smallest absolute Gasteiger partial charge is 0.273 e. The van der Waals surface area contributed by atoms with Crippen molar-refractivity contribution < 1.29 is 18.8 Å². The van der Waals surface area contributed by atoms with Gasteiger partial charge in [0.05, 0.1) is 5.69 Å². The van der Waals surface area contributed by atoms with Crippen molar-refractivity contribution in [1.29, 1.82) is 0 Å². The van der Waals surface area contributed by atoms with Gasteiger partial charge in [0.25, 0.3) is 11.8 Å². The first-order valence-electron chi connectivity index (χ1n) is 14.5. The number of amides is 3. The van der Waals surface area contributed by atoms with Crippen LogP contribution in [0, 0.1) is 5.82 Å². The number of aromatic nitrogens is 1. The molecular formula is C31H35ClFN5O3S. The molecule has 0 saturated heterocycles. The highest BCUT2D eigenvalue weighted by Gasteiger charge is 2.37. The fourth-order valence-corrected chi connectivity index (χ4v) is 6.69. The first kappa shape index (κ1) is 30.0. The molecule has 5 rings (SSSR count). The molecule has 42 heavy (non-hydrogen) atoms. The number of benzene rings is 2. The number of hydrogen-bond acceptors (Lipinski definition) is 6. The van der Waals surface area contributed by atoms with Crippen molar-refractivity contribution in [2.75, 3.05) is 10.6 Å². The Kier molecular flexibility index (Phi) is 9.74. The number of nitrogens with one attached hydrogen (secondary N) is 2. The van der Waals surface area contributed by atoms with Crippen LogP contribution in [0.3, 0.4) is 0 Å². The number of carbonyl (C=O) groups excluding carboxylic acids is 3. The molecule has 1 atom stereocenters. The van der Waals surface area contributed by atoms with E-state index >= 15 is 0 Å². The van der Waals surface area contributed by atoms with Gasteiger partial charge in [-0.25, -0.2) is 4.39 Å². The molecule has 4 N–H and O–H groups in total. The van der Waals surface area contributed by atoms with Crippen LogP contribution in [0.2, 0.25) is 5.02 Å². The Bertz CT molecular complexity index is 1420. The molecule has 11 heteroatoms. The Hall–Kier alpha value is -3.50. The van der Waals surface area contributed by atoms with Crippen molar-refractivity contribution in [3.8, 4) is 0 Å². The van der Waals surface area contributed by atoms with Gasteiger partial charge in [-0.15, -0.1) is 0 Å². The standard InChI is InChI=1S/C31H35ClFN5O3S/c32-20-16-14-19(15-17-20)27(30(40)36-23-11-5-2-6-12-23)38(24-13-7-8-21(33)18-24)31(41)28-25(34)26(37-42-28)29(39)35-22-9-3-1-4-10-22/h7-8,13-18,22-23,27H,1-6,9-12,34H2,(H,35,39)(H,36,40). The lowest BCUT2D eigenvalue weighted by molar-refractivity contribution is -0.123. The van der Waals surface area contributed by atoms with Crippen LogP contribution in [0.1, 0.15) is 96.0 Å². The normalized spacial score (nSPS) is 16.9. The van der Waals surface area contributed by atoms with Crippen LogP contribution in [-0.4, -0.2) is 34.2 Å². The molecule has 2 saturated carbocycles. The minimum atomic E-state index is -1.17. The number of anilines is 2. The van der Waals surface area contributed by atoms with Gasteiger partial charge in [-0.3, -0.25) is 19.3 Å². The van der Waals surface area contributed by atoms with Gasteiger partial charge in [0.1, 0.15) is 16.7 Å². The highest BCUT2D eigenvalue weighted by molar-refractivity contribution is 7.09. The summed E-state index contributed by atoms with van der Waals surface area (Å²) in [6, 6.07) is 11.0. The van der Waals surface area contributed by atoms with Crippen molar-refractivity contribution in [2.24, 2.45) is 0 Å². The second-order valence-corrected chi connectivity index (χ2v) is 12.2. The maximum atomic E-state index is 14.6. The molecule has 2 fully saturated rings. The zero-order valence-electron chi connectivity index (χ0n) is 23.3. The maximum Gasteiger partial charge on any atom is 0.273 e. The van der Waals surface area contributed by atoms with E-state index in [0.717, 1.165) is 75.7 Å². The number of carbonyl (C=O) groups is 3. The average molecular weight is 612 g/mol. The molecule has 1 unspecified atom stereocenters. The third kappa shape index (κ3) is 6.93. The fraction of sp³-hybridized carbons (Fsp3) is 0.419. The van der Waals surface area contributed by atoms with Gasteiger partial charge in [0, 0.05) is 22.8 Å². The lowest BCUT2D eigenvalue weighted by Gasteiger charge is -2.33. The molecule has 3 amide bonds. The molecule has 0 radical (unpaired) electrons. The van der Waals surface area contributed by atoms with Gasteiger partial charge < -0.3 is 16.4 Å². The van der Waals surface area contributed by atoms with E-state index in [4.69, 9.17) is 17.3 Å². The highest BCUT2D eigenvalue weighted by atomic mass is 35.5. The topological polar surface area (TPSA) is 117 Å². The summed E-state index contributed by atoms with van der Waals surface area (Å²) in [5, 5.41) is 6.57.